The molecule has 0 fully saturated rings. The van der Waals surface area contributed by atoms with Gasteiger partial charge in [0, 0.05) is 0 Å². The third kappa shape index (κ3) is 1.61. The van der Waals surface area contributed by atoms with Crippen molar-refractivity contribution in [2.45, 2.75) is 0 Å². The minimum atomic E-state index is -0.638. The molecule has 0 amide bonds. The highest BCUT2D eigenvalue weighted by Crippen LogP contribution is 2.12. The first-order valence-electron chi connectivity index (χ1n) is 3.81. The van der Waals surface area contributed by atoms with E-state index in [4.69, 9.17) is 10.3 Å². The number of hydrogen-bond donors (Lipinski definition) is 2. The van der Waals surface area contributed by atoms with Crippen LogP contribution in [0.1, 0.15) is 10.6 Å². The summed E-state index contributed by atoms with van der Waals surface area (Å²) >= 11 is 0. The molecule has 0 aliphatic heterocycles. The second kappa shape index (κ2) is 3.36. The predicted molar refractivity (Wildman–Crippen MR) is 45.4 cm³/mol. The van der Waals surface area contributed by atoms with Gasteiger partial charge in [-0.2, -0.15) is 4.98 Å². The Morgan fingerprint density at radius 2 is 2.33 bits per heavy atom. The molecule has 3 N–H and O–H groups in total. The number of H-pyrrole nitrogens is 1. The molecule has 9 heteroatoms. The molecule has 0 bridgehead atoms. The van der Waals surface area contributed by atoms with Crippen LogP contribution in [0.5, 0.6) is 0 Å². The van der Waals surface area contributed by atoms with Crippen LogP contribution >= 0.6 is 0 Å². The van der Waals surface area contributed by atoms with Crippen LogP contribution in [0.25, 0.3) is 11.7 Å². The van der Waals surface area contributed by atoms with Gasteiger partial charge in [-0.25, -0.2) is 4.79 Å². The Morgan fingerprint density at radius 1 is 1.53 bits per heavy atom. The van der Waals surface area contributed by atoms with Crippen LogP contribution < -0.4 is 5.73 Å². The zero-order valence-corrected chi connectivity index (χ0v) is 7.59. The number of nitrogens with zero attached hydrogens (tertiary/aromatic N) is 4. The molecule has 0 radical (unpaired) electrons. The second-order valence-electron chi connectivity index (χ2n) is 2.47. The molecule has 0 spiro atoms. The van der Waals surface area contributed by atoms with Crippen LogP contribution in [-0.2, 0) is 4.74 Å². The first kappa shape index (κ1) is 9.12. The van der Waals surface area contributed by atoms with E-state index in [9.17, 15) is 4.79 Å². The number of carbonyl (C=O) groups excluding carboxylic acids is 1. The Labute approximate surface area is 82.6 Å². The van der Waals surface area contributed by atoms with Gasteiger partial charge >= 0.3 is 5.97 Å². The summed E-state index contributed by atoms with van der Waals surface area (Å²) in [6.07, 6.45) is 0. The second-order valence-corrected chi connectivity index (χ2v) is 2.47. The highest BCUT2D eigenvalue weighted by Gasteiger charge is 2.16. The van der Waals surface area contributed by atoms with Gasteiger partial charge in [0.2, 0.25) is 11.6 Å². The lowest BCUT2D eigenvalue weighted by atomic mass is 10.6. The fourth-order valence-corrected chi connectivity index (χ4v) is 0.878. The number of aromatic nitrogens is 5. The van der Waals surface area contributed by atoms with Gasteiger partial charge in [-0.15, -0.1) is 10.2 Å². The Morgan fingerprint density at radius 3 is 2.93 bits per heavy atom. The van der Waals surface area contributed by atoms with Crippen LogP contribution in [0.3, 0.4) is 0 Å². The monoisotopic (exact) mass is 210 g/mol. The molecule has 2 heterocycles. The fraction of sp³-hybridized carbons (Fsp3) is 0.167. The maximum Gasteiger partial charge on any atom is 0.376 e. The lowest BCUT2D eigenvalue weighted by Gasteiger charge is -1.89. The predicted octanol–water partition coefficient (Wildman–Crippen LogP) is -0.777. The van der Waals surface area contributed by atoms with Gasteiger partial charge in [-0.1, -0.05) is 0 Å². The summed E-state index contributed by atoms with van der Waals surface area (Å²) < 4.78 is 9.13. The zero-order valence-electron chi connectivity index (χ0n) is 7.59. The van der Waals surface area contributed by atoms with Crippen molar-refractivity contribution in [2.24, 2.45) is 0 Å². The Bertz CT molecular complexity index is 489. The summed E-state index contributed by atoms with van der Waals surface area (Å²) in [4.78, 5) is 17.3. The molecule has 9 nitrogen and oxygen atoms in total. The minimum absolute atomic E-state index is 0.0268. The number of nitrogens with two attached hydrogens (primary N) is 1. The normalized spacial score (nSPS) is 10.2. The van der Waals surface area contributed by atoms with Crippen molar-refractivity contribution in [1.82, 2.24) is 25.3 Å². The quantitative estimate of drug-likeness (QED) is 0.617. The van der Waals surface area contributed by atoms with Crippen molar-refractivity contribution in [1.29, 1.82) is 0 Å². The Hall–Kier alpha value is -2.45. The molecule has 0 saturated carbocycles. The molecule has 0 unspecified atom stereocenters. The van der Waals surface area contributed by atoms with Crippen LogP contribution in [-0.4, -0.2) is 38.4 Å². The van der Waals surface area contributed by atoms with Gasteiger partial charge in [-0.3, -0.25) is 0 Å². The molecular formula is C6H6N6O3. The van der Waals surface area contributed by atoms with Crippen LogP contribution in [0.15, 0.2) is 4.52 Å². The fourth-order valence-electron chi connectivity index (χ4n) is 0.878. The first-order valence-corrected chi connectivity index (χ1v) is 3.81. The molecule has 15 heavy (non-hydrogen) atoms. The van der Waals surface area contributed by atoms with Gasteiger partial charge in [0.25, 0.3) is 11.8 Å². The third-order valence-electron chi connectivity index (χ3n) is 1.51. The topological polar surface area (TPSA) is 133 Å². The third-order valence-corrected chi connectivity index (χ3v) is 1.51. The molecule has 2 rings (SSSR count). The van der Waals surface area contributed by atoms with E-state index < -0.39 is 5.97 Å². The Kier molecular flexibility index (Phi) is 2.04. The number of rotatable bonds is 2. The van der Waals surface area contributed by atoms with E-state index in [0.29, 0.717) is 0 Å². The van der Waals surface area contributed by atoms with Crippen LogP contribution in [0, 0.1) is 0 Å². The lowest BCUT2D eigenvalue weighted by Crippen LogP contribution is -2.03. The number of aromatic amines is 1. The van der Waals surface area contributed by atoms with E-state index in [-0.39, 0.29) is 23.5 Å². The molecular weight excluding hydrogens is 204 g/mol. The molecule has 0 aromatic carbocycles. The van der Waals surface area contributed by atoms with Crippen molar-refractivity contribution < 1.29 is 14.1 Å². The summed E-state index contributed by atoms with van der Waals surface area (Å²) in [5.74, 6) is -0.513. The van der Waals surface area contributed by atoms with Crippen molar-refractivity contribution in [2.75, 3.05) is 12.8 Å². The number of hydrogen-bond acceptors (Lipinski definition) is 8. The van der Waals surface area contributed by atoms with Crippen LogP contribution in [0.4, 0.5) is 5.95 Å². The van der Waals surface area contributed by atoms with E-state index in [1.807, 2.05) is 0 Å². The smallest absolute Gasteiger partial charge is 0.376 e. The number of nitrogen functional groups attached to an aromatic ring is 1. The van der Waals surface area contributed by atoms with E-state index in [2.05, 4.69) is 30.1 Å². The van der Waals surface area contributed by atoms with Crippen LogP contribution in [0.2, 0.25) is 0 Å². The van der Waals surface area contributed by atoms with E-state index in [1.165, 1.54) is 7.11 Å². The summed E-state index contributed by atoms with van der Waals surface area (Å²) in [6, 6.07) is 0. The highest BCUT2D eigenvalue weighted by molar-refractivity contribution is 5.85. The number of carbonyl (C=O) groups is 1. The molecule has 2 aromatic heterocycles. The highest BCUT2D eigenvalue weighted by atomic mass is 16.5. The number of methoxy groups -OCH3 is 1. The standard InChI is InChI=1S/C6H6N6O3/c1-14-5(13)3-8-2(10-11-3)4-9-6(7)12-15-4/h1H3,(H2,7,12)(H,8,10,11). The molecule has 0 aliphatic carbocycles. The van der Waals surface area contributed by atoms with Crippen molar-refractivity contribution in [3.8, 4) is 11.7 Å². The maximum atomic E-state index is 11.0. The molecule has 0 aliphatic rings. The summed E-state index contributed by atoms with van der Waals surface area (Å²) in [6.45, 7) is 0. The minimum Gasteiger partial charge on any atom is -0.463 e. The van der Waals surface area contributed by atoms with E-state index in [1.54, 1.807) is 0 Å². The molecule has 2 aromatic rings. The average Bonchev–Trinajstić information content (AvgIpc) is 2.84. The summed E-state index contributed by atoms with van der Waals surface area (Å²) in [5.41, 5.74) is 5.24. The number of anilines is 1. The lowest BCUT2D eigenvalue weighted by molar-refractivity contribution is 0.0587. The van der Waals surface area contributed by atoms with Crippen molar-refractivity contribution in [3.05, 3.63) is 5.82 Å². The largest absolute Gasteiger partial charge is 0.463 e. The summed E-state index contributed by atoms with van der Waals surface area (Å²) in [5, 5.41) is 10.5. The first-order chi connectivity index (χ1) is 7.20. The van der Waals surface area contributed by atoms with Gasteiger partial charge < -0.3 is 20.0 Å². The Balaban J connectivity index is 2.31. The van der Waals surface area contributed by atoms with Gasteiger partial charge in [0.1, 0.15) is 0 Å². The van der Waals surface area contributed by atoms with Gasteiger partial charge in [0.15, 0.2) is 0 Å². The van der Waals surface area contributed by atoms with Gasteiger partial charge in [-0.05, 0) is 5.16 Å². The summed E-state index contributed by atoms with van der Waals surface area (Å²) in [7, 11) is 1.23. The zero-order chi connectivity index (χ0) is 10.8. The van der Waals surface area contributed by atoms with E-state index >= 15 is 0 Å². The van der Waals surface area contributed by atoms with Crippen molar-refractivity contribution in [3.63, 3.8) is 0 Å². The number of ether oxygens (including phenoxy) is 1. The molecule has 0 atom stereocenters. The van der Waals surface area contributed by atoms with Crippen molar-refractivity contribution >= 4 is 11.9 Å². The maximum absolute atomic E-state index is 11.0. The van der Waals surface area contributed by atoms with E-state index in [0.717, 1.165) is 0 Å². The average molecular weight is 210 g/mol. The number of esters is 1. The van der Waals surface area contributed by atoms with Gasteiger partial charge in [0.05, 0.1) is 7.11 Å². The molecule has 0 saturated heterocycles. The number of nitrogens with one attached hydrogen (secondary N) is 1. The molecule has 78 valence electrons. The SMILES string of the molecule is COC(=O)c1nnc(-c2nc(N)no2)[nH]1.